The van der Waals surface area contributed by atoms with Crippen molar-refractivity contribution < 1.29 is 9.90 Å². The van der Waals surface area contributed by atoms with Gasteiger partial charge in [0.25, 0.3) is 5.91 Å². The zero-order valence-corrected chi connectivity index (χ0v) is 16.4. The average Bonchev–Trinajstić information content (AvgIpc) is 3.22. The number of fused-ring (bicyclic) bond motifs is 1. The summed E-state index contributed by atoms with van der Waals surface area (Å²) in [6.45, 7) is 7.07. The van der Waals surface area contributed by atoms with E-state index >= 15 is 0 Å². The third kappa shape index (κ3) is 2.87. The molecular formula is C23H25N3O2. The summed E-state index contributed by atoms with van der Waals surface area (Å²) in [7, 11) is 0. The lowest BCUT2D eigenvalue weighted by Gasteiger charge is -2.26. The fourth-order valence-corrected chi connectivity index (χ4v) is 3.96. The maximum absolute atomic E-state index is 13.1. The number of nitrogens with zero attached hydrogens (tertiary/aromatic N) is 2. The number of phenols is 1. The van der Waals surface area contributed by atoms with Crippen LogP contribution in [0.2, 0.25) is 0 Å². The Bertz CT molecular complexity index is 1000. The minimum atomic E-state index is -0.211. The van der Waals surface area contributed by atoms with Crippen molar-refractivity contribution in [3.63, 3.8) is 0 Å². The normalized spacial score (nSPS) is 16.1. The maximum Gasteiger partial charge on any atom is 0.273 e. The average molecular weight is 375 g/mol. The van der Waals surface area contributed by atoms with E-state index < -0.39 is 0 Å². The van der Waals surface area contributed by atoms with Gasteiger partial charge < -0.3 is 10.0 Å². The van der Waals surface area contributed by atoms with Crippen LogP contribution in [0, 0.1) is 0 Å². The van der Waals surface area contributed by atoms with Crippen molar-refractivity contribution in [1.82, 2.24) is 15.1 Å². The van der Waals surface area contributed by atoms with Crippen LogP contribution in [0.5, 0.6) is 5.75 Å². The molecule has 1 amide bonds. The highest BCUT2D eigenvalue weighted by atomic mass is 16.3. The molecule has 2 heterocycles. The largest absolute Gasteiger partial charge is 0.507 e. The second kappa shape index (κ2) is 7.15. The zero-order chi connectivity index (χ0) is 19.8. The molecule has 0 aliphatic carbocycles. The second-order valence-corrected chi connectivity index (χ2v) is 7.60. The molecule has 0 unspecified atom stereocenters. The number of aromatic amines is 1. The Balaban J connectivity index is 1.87. The lowest BCUT2D eigenvalue weighted by Crippen LogP contribution is -2.30. The molecule has 0 fully saturated rings. The molecule has 3 aromatic rings. The summed E-state index contributed by atoms with van der Waals surface area (Å²) >= 11 is 0. The molecule has 144 valence electrons. The van der Waals surface area contributed by atoms with E-state index in [9.17, 15) is 9.90 Å². The number of aromatic hydroxyl groups is 1. The molecule has 5 heteroatoms. The molecule has 1 aliphatic rings. The predicted molar refractivity (Wildman–Crippen MR) is 109 cm³/mol. The number of rotatable bonds is 5. The van der Waals surface area contributed by atoms with Gasteiger partial charge in [0.1, 0.15) is 17.1 Å². The first-order chi connectivity index (χ1) is 13.5. The summed E-state index contributed by atoms with van der Waals surface area (Å²) in [4.78, 5) is 15.0. The quantitative estimate of drug-likeness (QED) is 0.669. The number of H-pyrrole nitrogens is 1. The number of hydrogen-bond donors (Lipinski definition) is 2. The van der Waals surface area contributed by atoms with E-state index in [2.05, 4.69) is 55.2 Å². The molecule has 2 aromatic carbocycles. The summed E-state index contributed by atoms with van der Waals surface area (Å²) in [6, 6.07) is 15.4. The van der Waals surface area contributed by atoms with Crippen molar-refractivity contribution >= 4 is 5.91 Å². The minimum absolute atomic E-state index is 0.0380. The molecule has 0 radical (unpaired) electrons. The van der Waals surface area contributed by atoms with Crippen molar-refractivity contribution in [3.05, 3.63) is 70.9 Å². The summed E-state index contributed by atoms with van der Waals surface area (Å²) in [5, 5.41) is 17.7. The van der Waals surface area contributed by atoms with Gasteiger partial charge in [-0.2, -0.15) is 5.10 Å². The molecule has 2 N–H and O–H groups in total. The summed E-state index contributed by atoms with van der Waals surface area (Å²) in [5.74, 6) is 0.573. The van der Waals surface area contributed by atoms with E-state index in [1.165, 1.54) is 5.56 Å². The van der Waals surface area contributed by atoms with Crippen LogP contribution in [0.15, 0.2) is 48.5 Å². The number of nitrogens with one attached hydrogen (secondary N) is 1. The molecule has 4 rings (SSSR count). The molecule has 1 atom stereocenters. The maximum atomic E-state index is 13.1. The van der Waals surface area contributed by atoms with Crippen LogP contribution in [0.4, 0.5) is 0 Å². The van der Waals surface area contributed by atoms with Gasteiger partial charge >= 0.3 is 0 Å². The van der Waals surface area contributed by atoms with Gasteiger partial charge in [0, 0.05) is 17.7 Å². The van der Waals surface area contributed by atoms with Gasteiger partial charge in [0.2, 0.25) is 0 Å². The Labute approximate surface area is 165 Å². The molecule has 1 aliphatic heterocycles. The Morgan fingerprint density at radius 2 is 1.86 bits per heavy atom. The monoisotopic (exact) mass is 375 g/mol. The number of amides is 1. The molecule has 0 spiro atoms. The van der Waals surface area contributed by atoms with Crippen LogP contribution in [0.25, 0.3) is 11.3 Å². The van der Waals surface area contributed by atoms with E-state index in [4.69, 9.17) is 0 Å². The van der Waals surface area contributed by atoms with E-state index in [1.807, 2.05) is 17.0 Å². The summed E-state index contributed by atoms with van der Waals surface area (Å²) in [6.07, 6.45) is 0.871. The summed E-state index contributed by atoms with van der Waals surface area (Å²) in [5.41, 5.74) is 4.96. The molecule has 0 saturated carbocycles. The highest BCUT2D eigenvalue weighted by Crippen LogP contribution is 2.44. The number of carbonyl (C=O) groups excluding carboxylic acids is 1. The highest BCUT2D eigenvalue weighted by molar-refractivity contribution is 6.00. The fraction of sp³-hybridized carbons (Fsp3) is 0.304. The third-order valence-corrected chi connectivity index (χ3v) is 5.41. The van der Waals surface area contributed by atoms with Gasteiger partial charge in [-0.05, 0) is 35.6 Å². The predicted octanol–water partition coefficient (Wildman–Crippen LogP) is 4.86. The number of para-hydroxylation sites is 1. The third-order valence-electron chi connectivity index (χ3n) is 5.41. The number of benzene rings is 2. The van der Waals surface area contributed by atoms with Crippen LogP contribution in [0.1, 0.15) is 66.3 Å². The Hall–Kier alpha value is -3.08. The molecule has 0 saturated heterocycles. The van der Waals surface area contributed by atoms with Crippen molar-refractivity contribution in [2.75, 3.05) is 6.54 Å². The van der Waals surface area contributed by atoms with Crippen molar-refractivity contribution in [3.8, 4) is 17.0 Å². The highest BCUT2D eigenvalue weighted by Gasteiger charge is 2.42. The Morgan fingerprint density at radius 1 is 1.14 bits per heavy atom. The van der Waals surface area contributed by atoms with Gasteiger partial charge in [0.05, 0.1) is 6.04 Å². The van der Waals surface area contributed by atoms with Crippen molar-refractivity contribution in [1.29, 1.82) is 0 Å². The summed E-state index contributed by atoms with van der Waals surface area (Å²) < 4.78 is 0. The molecule has 28 heavy (non-hydrogen) atoms. The smallest absolute Gasteiger partial charge is 0.273 e. The van der Waals surface area contributed by atoms with Gasteiger partial charge in [0.15, 0.2) is 0 Å². The van der Waals surface area contributed by atoms with Gasteiger partial charge in [-0.3, -0.25) is 9.89 Å². The molecule has 1 aromatic heterocycles. The second-order valence-electron chi connectivity index (χ2n) is 7.60. The van der Waals surface area contributed by atoms with Crippen LogP contribution in [0.3, 0.4) is 0 Å². The topological polar surface area (TPSA) is 69.2 Å². The van der Waals surface area contributed by atoms with Gasteiger partial charge in [-0.15, -0.1) is 0 Å². The lowest BCUT2D eigenvalue weighted by molar-refractivity contribution is 0.0744. The fourth-order valence-electron chi connectivity index (χ4n) is 3.96. The van der Waals surface area contributed by atoms with Crippen LogP contribution in [-0.2, 0) is 0 Å². The molecule has 5 nitrogen and oxygen atoms in total. The van der Waals surface area contributed by atoms with Crippen LogP contribution in [-0.4, -0.2) is 32.7 Å². The van der Waals surface area contributed by atoms with Gasteiger partial charge in [-0.25, -0.2) is 0 Å². The number of phenolic OH excluding ortho intramolecular Hbond substituents is 1. The standard InChI is InChI=1S/C23H25N3O2/c1-4-13-26-22(16-11-9-15(10-12-16)14(2)3)19-20(24-25-21(19)23(26)28)17-7-5-6-8-18(17)27/h5-12,14,22,27H,4,13H2,1-3H3,(H,24,25)/t22-/m1/s1. The number of aromatic nitrogens is 2. The van der Waals surface area contributed by atoms with E-state index in [0.717, 1.165) is 17.5 Å². The molecular weight excluding hydrogens is 350 g/mol. The molecule has 0 bridgehead atoms. The number of carbonyl (C=O) groups is 1. The van der Waals surface area contributed by atoms with E-state index in [1.54, 1.807) is 12.1 Å². The van der Waals surface area contributed by atoms with Crippen LogP contribution < -0.4 is 0 Å². The van der Waals surface area contributed by atoms with Crippen molar-refractivity contribution in [2.24, 2.45) is 0 Å². The Morgan fingerprint density at radius 3 is 2.50 bits per heavy atom. The minimum Gasteiger partial charge on any atom is -0.507 e. The Kier molecular flexibility index (Phi) is 4.67. The SMILES string of the molecule is CCCN1C(=O)c2[nH]nc(-c3ccccc3O)c2[C@H]1c1ccc(C(C)C)cc1. The first kappa shape index (κ1) is 18.3. The van der Waals surface area contributed by atoms with Crippen molar-refractivity contribution in [2.45, 2.75) is 39.2 Å². The number of hydrogen-bond acceptors (Lipinski definition) is 3. The van der Waals surface area contributed by atoms with Gasteiger partial charge in [-0.1, -0.05) is 57.2 Å². The zero-order valence-electron chi connectivity index (χ0n) is 16.4. The first-order valence-corrected chi connectivity index (χ1v) is 9.80. The first-order valence-electron chi connectivity index (χ1n) is 9.80. The van der Waals surface area contributed by atoms with E-state index in [0.29, 0.717) is 29.4 Å². The lowest BCUT2D eigenvalue weighted by atomic mass is 9.93. The van der Waals surface area contributed by atoms with Crippen LogP contribution >= 0.6 is 0 Å². The van der Waals surface area contributed by atoms with E-state index in [-0.39, 0.29) is 17.7 Å².